The number of rotatable bonds is 3. The highest BCUT2D eigenvalue weighted by molar-refractivity contribution is 7.98. The molecule has 104 valence electrons. The van der Waals surface area contributed by atoms with Gasteiger partial charge in [-0.2, -0.15) is 0 Å². The van der Waals surface area contributed by atoms with Crippen LogP contribution in [-0.2, 0) is 23.5 Å². The normalized spacial score (nSPS) is 14.1. The molecular formula is C15H16N2O2S. The van der Waals surface area contributed by atoms with Crippen molar-refractivity contribution in [2.45, 2.75) is 30.6 Å². The van der Waals surface area contributed by atoms with Crippen LogP contribution < -0.4 is 5.56 Å². The second kappa shape index (κ2) is 5.81. The van der Waals surface area contributed by atoms with E-state index in [1.54, 1.807) is 11.8 Å². The lowest BCUT2D eigenvalue weighted by atomic mass is 10.1. The van der Waals surface area contributed by atoms with Crippen LogP contribution in [0.3, 0.4) is 0 Å². The molecule has 20 heavy (non-hydrogen) atoms. The van der Waals surface area contributed by atoms with Gasteiger partial charge in [-0.25, -0.2) is 4.98 Å². The molecule has 0 aliphatic carbocycles. The SMILES string of the molecule is Cc1cccc(SCc2nc3c(c(=O)[nH]2)COCC3)c1. The quantitative estimate of drug-likeness (QED) is 0.881. The zero-order chi connectivity index (χ0) is 13.9. The lowest BCUT2D eigenvalue weighted by molar-refractivity contribution is 0.108. The van der Waals surface area contributed by atoms with Gasteiger partial charge in [0, 0.05) is 11.3 Å². The lowest BCUT2D eigenvalue weighted by Crippen LogP contribution is -2.25. The molecule has 0 saturated heterocycles. The number of H-pyrrole nitrogens is 1. The molecule has 1 aromatic heterocycles. The van der Waals surface area contributed by atoms with Gasteiger partial charge in [0.25, 0.3) is 5.56 Å². The van der Waals surface area contributed by atoms with Crippen molar-refractivity contribution in [2.24, 2.45) is 0 Å². The molecule has 0 fully saturated rings. The van der Waals surface area contributed by atoms with Crippen molar-refractivity contribution in [2.75, 3.05) is 6.61 Å². The number of hydrogen-bond acceptors (Lipinski definition) is 4. The highest BCUT2D eigenvalue weighted by atomic mass is 32.2. The maximum atomic E-state index is 12.0. The molecule has 2 aromatic rings. The van der Waals surface area contributed by atoms with Gasteiger partial charge in [0.2, 0.25) is 0 Å². The number of fused-ring (bicyclic) bond motifs is 1. The van der Waals surface area contributed by atoms with Crippen LogP contribution in [0.2, 0.25) is 0 Å². The molecule has 4 nitrogen and oxygen atoms in total. The Labute approximate surface area is 121 Å². The summed E-state index contributed by atoms with van der Waals surface area (Å²) in [5.74, 6) is 1.41. The molecule has 2 heterocycles. The number of benzene rings is 1. The van der Waals surface area contributed by atoms with E-state index in [0.29, 0.717) is 24.5 Å². The van der Waals surface area contributed by atoms with Crippen LogP contribution in [0.4, 0.5) is 0 Å². The van der Waals surface area contributed by atoms with Crippen molar-refractivity contribution in [1.29, 1.82) is 0 Å². The van der Waals surface area contributed by atoms with Crippen LogP contribution in [0, 0.1) is 6.92 Å². The van der Waals surface area contributed by atoms with Gasteiger partial charge >= 0.3 is 0 Å². The molecule has 1 aromatic carbocycles. The maximum absolute atomic E-state index is 12.0. The lowest BCUT2D eigenvalue weighted by Gasteiger charge is -2.15. The van der Waals surface area contributed by atoms with E-state index in [4.69, 9.17) is 4.74 Å². The molecule has 1 aliphatic rings. The maximum Gasteiger partial charge on any atom is 0.256 e. The van der Waals surface area contributed by atoms with Crippen molar-refractivity contribution >= 4 is 11.8 Å². The van der Waals surface area contributed by atoms with Gasteiger partial charge < -0.3 is 9.72 Å². The van der Waals surface area contributed by atoms with Crippen LogP contribution in [0.5, 0.6) is 0 Å². The Bertz CT molecular complexity index is 682. The zero-order valence-corrected chi connectivity index (χ0v) is 12.1. The van der Waals surface area contributed by atoms with Crippen LogP contribution >= 0.6 is 11.8 Å². The Balaban J connectivity index is 1.78. The molecule has 1 aliphatic heterocycles. The number of aromatic nitrogens is 2. The monoisotopic (exact) mass is 288 g/mol. The molecule has 0 bridgehead atoms. The summed E-state index contributed by atoms with van der Waals surface area (Å²) in [6, 6.07) is 8.32. The first kappa shape index (κ1) is 13.4. The second-order valence-corrected chi connectivity index (χ2v) is 5.89. The summed E-state index contributed by atoms with van der Waals surface area (Å²) < 4.78 is 5.29. The fourth-order valence-corrected chi connectivity index (χ4v) is 3.10. The third-order valence-electron chi connectivity index (χ3n) is 3.24. The first-order valence-electron chi connectivity index (χ1n) is 6.60. The van der Waals surface area contributed by atoms with Gasteiger partial charge in [0.05, 0.1) is 30.2 Å². The molecule has 0 amide bonds. The Morgan fingerprint density at radius 2 is 2.35 bits per heavy atom. The second-order valence-electron chi connectivity index (χ2n) is 4.85. The fourth-order valence-electron chi connectivity index (χ4n) is 2.22. The van der Waals surface area contributed by atoms with Gasteiger partial charge in [-0.3, -0.25) is 4.79 Å². The number of nitrogens with zero attached hydrogens (tertiary/aromatic N) is 1. The number of thioether (sulfide) groups is 1. The molecule has 0 spiro atoms. The summed E-state index contributed by atoms with van der Waals surface area (Å²) in [5.41, 5.74) is 2.74. The predicted octanol–water partition coefficient (Wildman–Crippen LogP) is 2.44. The van der Waals surface area contributed by atoms with Crippen molar-refractivity contribution in [3.63, 3.8) is 0 Å². The summed E-state index contributed by atoms with van der Waals surface area (Å²) >= 11 is 1.68. The van der Waals surface area contributed by atoms with Crippen LogP contribution in [0.15, 0.2) is 34.0 Å². The minimum absolute atomic E-state index is 0.0606. The minimum Gasteiger partial charge on any atom is -0.376 e. The minimum atomic E-state index is -0.0606. The summed E-state index contributed by atoms with van der Waals surface area (Å²) in [6.07, 6.45) is 0.724. The molecule has 5 heteroatoms. The van der Waals surface area contributed by atoms with Crippen molar-refractivity contribution in [3.05, 3.63) is 57.3 Å². The van der Waals surface area contributed by atoms with Gasteiger partial charge in [-0.05, 0) is 19.1 Å². The third-order valence-corrected chi connectivity index (χ3v) is 4.25. The number of hydrogen-bond donors (Lipinski definition) is 1. The molecule has 0 unspecified atom stereocenters. The Kier molecular flexibility index (Phi) is 3.89. The Morgan fingerprint density at radius 3 is 3.20 bits per heavy atom. The molecular weight excluding hydrogens is 272 g/mol. The van der Waals surface area contributed by atoms with Crippen LogP contribution in [0.1, 0.15) is 22.6 Å². The summed E-state index contributed by atoms with van der Waals surface area (Å²) in [7, 11) is 0. The Hall–Kier alpha value is -1.59. The molecule has 0 atom stereocenters. The number of ether oxygens (including phenoxy) is 1. The smallest absolute Gasteiger partial charge is 0.256 e. The van der Waals surface area contributed by atoms with E-state index in [1.807, 2.05) is 6.07 Å². The number of nitrogens with one attached hydrogen (secondary N) is 1. The fraction of sp³-hybridized carbons (Fsp3) is 0.333. The predicted molar refractivity (Wildman–Crippen MR) is 79.0 cm³/mol. The molecule has 0 saturated carbocycles. The molecule has 0 radical (unpaired) electrons. The van der Waals surface area contributed by atoms with Gasteiger partial charge in [-0.1, -0.05) is 17.7 Å². The van der Waals surface area contributed by atoms with Gasteiger partial charge in [0.15, 0.2) is 0 Å². The average Bonchev–Trinajstić information content (AvgIpc) is 2.45. The van der Waals surface area contributed by atoms with Gasteiger partial charge in [-0.15, -0.1) is 11.8 Å². The topological polar surface area (TPSA) is 55.0 Å². The molecule has 1 N–H and O–H groups in total. The van der Waals surface area contributed by atoms with E-state index in [-0.39, 0.29) is 5.56 Å². The van der Waals surface area contributed by atoms with E-state index in [2.05, 4.69) is 35.1 Å². The summed E-state index contributed by atoms with van der Waals surface area (Å²) in [5, 5.41) is 0. The van der Waals surface area contributed by atoms with E-state index in [9.17, 15) is 4.79 Å². The van der Waals surface area contributed by atoms with E-state index in [1.165, 1.54) is 10.5 Å². The third kappa shape index (κ3) is 2.94. The van der Waals surface area contributed by atoms with Crippen LogP contribution in [0.25, 0.3) is 0 Å². The first-order chi connectivity index (χ1) is 9.72. The average molecular weight is 288 g/mol. The van der Waals surface area contributed by atoms with Gasteiger partial charge in [0.1, 0.15) is 5.82 Å². The highest BCUT2D eigenvalue weighted by Crippen LogP contribution is 2.22. The largest absolute Gasteiger partial charge is 0.376 e. The van der Waals surface area contributed by atoms with Crippen molar-refractivity contribution in [1.82, 2.24) is 9.97 Å². The number of aromatic amines is 1. The summed E-state index contributed by atoms with van der Waals surface area (Å²) in [6.45, 7) is 3.10. The molecule has 3 rings (SSSR count). The Morgan fingerprint density at radius 1 is 1.45 bits per heavy atom. The van der Waals surface area contributed by atoms with Crippen LogP contribution in [-0.4, -0.2) is 16.6 Å². The summed E-state index contributed by atoms with van der Waals surface area (Å²) in [4.78, 5) is 20.6. The number of aryl methyl sites for hydroxylation is 1. The van der Waals surface area contributed by atoms with Crippen molar-refractivity contribution < 1.29 is 4.74 Å². The van der Waals surface area contributed by atoms with E-state index >= 15 is 0 Å². The van der Waals surface area contributed by atoms with E-state index in [0.717, 1.165) is 17.9 Å². The van der Waals surface area contributed by atoms with Crippen molar-refractivity contribution in [3.8, 4) is 0 Å². The zero-order valence-electron chi connectivity index (χ0n) is 11.3. The van der Waals surface area contributed by atoms with E-state index < -0.39 is 0 Å². The first-order valence-corrected chi connectivity index (χ1v) is 7.59. The standard InChI is InChI=1S/C15H16N2O2S/c1-10-3-2-4-11(7-10)20-9-14-16-13-5-6-19-8-12(13)15(18)17-14/h2-4,7H,5-6,8-9H2,1H3,(H,16,17,18). The highest BCUT2D eigenvalue weighted by Gasteiger charge is 2.15.